The van der Waals surface area contributed by atoms with Crippen molar-refractivity contribution in [2.24, 2.45) is 0 Å². The maximum atomic E-state index is 11.7. The van der Waals surface area contributed by atoms with Crippen LogP contribution in [0.25, 0.3) is 0 Å². The van der Waals surface area contributed by atoms with E-state index < -0.39 is 0 Å². The molecule has 2 aromatic carbocycles. The van der Waals surface area contributed by atoms with Crippen LogP contribution in [0, 0.1) is 6.92 Å². The van der Waals surface area contributed by atoms with Crippen molar-refractivity contribution >= 4 is 5.97 Å². The summed E-state index contributed by atoms with van der Waals surface area (Å²) >= 11 is 0. The number of esters is 1. The molecular weight excluding hydrogens is 350 g/mol. The molecule has 0 aromatic heterocycles. The standard InChI is InChI=1S/C24H31NO3/c1-4-22-17-25(15-20-8-6-7-9-23(20)28-22)16-21-14-19(11-10-18(21)3)12-13-24(26)27-5-2/h6-11,14,22H,4-5,12-13,15-17H2,1-3H3. The maximum absolute atomic E-state index is 11.7. The van der Waals surface area contributed by atoms with Crippen LogP contribution < -0.4 is 4.74 Å². The Morgan fingerprint density at radius 2 is 2.04 bits per heavy atom. The number of carbonyl (C=O) groups is 1. The number of rotatable bonds is 7. The van der Waals surface area contributed by atoms with Gasteiger partial charge in [-0.15, -0.1) is 0 Å². The molecule has 150 valence electrons. The fourth-order valence-corrected chi connectivity index (χ4v) is 3.66. The second kappa shape index (κ2) is 9.74. The monoisotopic (exact) mass is 381 g/mol. The summed E-state index contributed by atoms with van der Waals surface area (Å²) in [5.74, 6) is 0.883. The van der Waals surface area contributed by atoms with Gasteiger partial charge in [0.15, 0.2) is 0 Å². The van der Waals surface area contributed by atoms with Crippen LogP contribution in [-0.2, 0) is 29.0 Å². The highest BCUT2D eigenvalue weighted by atomic mass is 16.5. The molecule has 0 amide bonds. The van der Waals surface area contributed by atoms with Crippen molar-refractivity contribution in [3.63, 3.8) is 0 Å². The van der Waals surface area contributed by atoms with E-state index in [0.29, 0.717) is 13.0 Å². The minimum absolute atomic E-state index is 0.128. The predicted octanol–water partition coefficient (Wildman–Crippen LogP) is 4.66. The highest BCUT2D eigenvalue weighted by Gasteiger charge is 2.22. The van der Waals surface area contributed by atoms with E-state index >= 15 is 0 Å². The number of hydrogen-bond acceptors (Lipinski definition) is 4. The fourth-order valence-electron chi connectivity index (χ4n) is 3.66. The molecule has 0 N–H and O–H groups in total. The minimum Gasteiger partial charge on any atom is -0.489 e. The van der Waals surface area contributed by atoms with E-state index in [2.05, 4.69) is 55.1 Å². The smallest absolute Gasteiger partial charge is 0.306 e. The third-order valence-electron chi connectivity index (χ3n) is 5.31. The number of benzene rings is 2. The topological polar surface area (TPSA) is 38.8 Å². The van der Waals surface area contributed by atoms with Crippen molar-refractivity contribution < 1.29 is 14.3 Å². The Balaban J connectivity index is 1.73. The van der Waals surface area contributed by atoms with Gasteiger partial charge in [-0.3, -0.25) is 9.69 Å². The van der Waals surface area contributed by atoms with Gasteiger partial charge in [0.1, 0.15) is 11.9 Å². The van der Waals surface area contributed by atoms with Crippen LogP contribution in [0.4, 0.5) is 0 Å². The Morgan fingerprint density at radius 1 is 1.21 bits per heavy atom. The van der Waals surface area contributed by atoms with Crippen molar-refractivity contribution in [2.75, 3.05) is 13.2 Å². The summed E-state index contributed by atoms with van der Waals surface area (Å²) in [4.78, 5) is 14.1. The quantitative estimate of drug-likeness (QED) is 0.654. The number of ether oxygens (including phenoxy) is 2. The first-order valence-electron chi connectivity index (χ1n) is 10.3. The second-order valence-corrected chi connectivity index (χ2v) is 7.49. The van der Waals surface area contributed by atoms with Crippen LogP contribution in [0.1, 0.15) is 48.9 Å². The molecule has 28 heavy (non-hydrogen) atoms. The lowest BCUT2D eigenvalue weighted by Gasteiger charge is -2.24. The molecule has 1 unspecified atom stereocenters. The Morgan fingerprint density at radius 3 is 2.82 bits per heavy atom. The van der Waals surface area contributed by atoms with Gasteiger partial charge in [-0.2, -0.15) is 0 Å². The van der Waals surface area contributed by atoms with E-state index in [0.717, 1.165) is 38.2 Å². The normalized spacial score (nSPS) is 16.8. The molecular formula is C24H31NO3. The van der Waals surface area contributed by atoms with E-state index in [4.69, 9.17) is 9.47 Å². The van der Waals surface area contributed by atoms with E-state index in [1.807, 2.05) is 13.0 Å². The number of carbonyl (C=O) groups excluding carboxylic acids is 1. The summed E-state index contributed by atoms with van der Waals surface area (Å²) in [5.41, 5.74) is 5.03. The lowest BCUT2D eigenvalue weighted by atomic mass is 10.0. The van der Waals surface area contributed by atoms with Crippen molar-refractivity contribution in [3.05, 3.63) is 64.7 Å². The van der Waals surface area contributed by atoms with Crippen LogP contribution in [0.3, 0.4) is 0 Å². The Hall–Kier alpha value is -2.33. The zero-order chi connectivity index (χ0) is 19.9. The SMILES string of the molecule is CCOC(=O)CCc1ccc(C)c(CN2Cc3ccccc3OC(CC)C2)c1. The molecule has 0 bridgehead atoms. The highest BCUT2D eigenvalue weighted by Crippen LogP contribution is 2.27. The van der Waals surface area contributed by atoms with Crippen molar-refractivity contribution in [1.29, 1.82) is 0 Å². The van der Waals surface area contributed by atoms with Gasteiger partial charge in [0.2, 0.25) is 0 Å². The van der Waals surface area contributed by atoms with Gasteiger partial charge < -0.3 is 9.47 Å². The van der Waals surface area contributed by atoms with Crippen LogP contribution in [0.15, 0.2) is 42.5 Å². The molecule has 1 aliphatic rings. The molecule has 4 heteroatoms. The Labute approximate surface area is 168 Å². The number of aryl methyl sites for hydroxylation is 2. The zero-order valence-electron chi connectivity index (χ0n) is 17.2. The summed E-state index contributed by atoms with van der Waals surface area (Å²) in [7, 11) is 0. The van der Waals surface area contributed by atoms with Crippen LogP contribution in [0.5, 0.6) is 5.75 Å². The van der Waals surface area contributed by atoms with Gasteiger partial charge in [-0.1, -0.05) is 43.3 Å². The first-order valence-corrected chi connectivity index (χ1v) is 10.3. The Kier molecular flexibility index (Phi) is 7.10. The third-order valence-corrected chi connectivity index (χ3v) is 5.31. The third kappa shape index (κ3) is 5.35. The molecule has 0 spiro atoms. The van der Waals surface area contributed by atoms with Gasteiger partial charge in [-0.05, 0) is 49.4 Å². The average molecular weight is 382 g/mol. The summed E-state index contributed by atoms with van der Waals surface area (Å²) in [6.07, 6.45) is 2.34. The van der Waals surface area contributed by atoms with Gasteiger partial charge in [-0.25, -0.2) is 0 Å². The minimum atomic E-state index is -0.128. The molecule has 0 aliphatic carbocycles. The summed E-state index contributed by atoms with van der Waals surface area (Å²) in [5, 5.41) is 0. The average Bonchev–Trinajstić information content (AvgIpc) is 2.87. The van der Waals surface area contributed by atoms with Crippen LogP contribution in [0.2, 0.25) is 0 Å². The second-order valence-electron chi connectivity index (χ2n) is 7.49. The molecule has 4 nitrogen and oxygen atoms in total. The molecule has 1 atom stereocenters. The highest BCUT2D eigenvalue weighted by molar-refractivity contribution is 5.69. The van der Waals surface area contributed by atoms with Gasteiger partial charge in [0.05, 0.1) is 6.61 Å². The molecule has 2 aromatic rings. The predicted molar refractivity (Wildman–Crippen MR) is 111 cm³/mol. The van der Waals surface area contributed by atoms with E-state index in [1.54, 1.807) is 0 Å². The van der Waals surface area contributed by atoms with E-state index in [-0.39, 0.29) is 12.1 Å². The van der Waals surface area contributed by atoms with Gasteiger partial charge in [0, 0.05) is 31.6 Å². The molecule has 0 saturated heterocycles. The summed E-state index contributed by atoms with van der Waals surface area (Å²) in [6, 6.07) is 14.9. The Bertz CT molecular complexity index is 802. The maximum Gasteiger partial charge on any atom is 0.306 e. The number of nitrogens with zero attached hydrogens (tertiary/aromatic N) is 1. The number of fused-ring (bicyclic) bond motifs is 1. The first-order chi connectivity index (χ1) is 13.6. The van der Waals surface area contributed by atoms with E-state index in [1.165, 1.54) is 22.3 Å². The molecule has 0 radical (unpaired) electrons. The molecule has 0 saturated carbocycles. The summed E-state index contributed by atoms with van der Waals surface area (Å²) < 4.78 is 11.3. The van der Waals surface area contributed by atoms with Crippen LogP contribution >= 0.6 is 0 Å². The molecule has 1 aliphatic heterocycles. The summed E-state index contributed by atoms with van der Waals surface area (Å²) in [6.45, 7) is 9.30. The van der Waals surface area contributed by atoms with Gasteiger partial charge >= 0.3 is 5.97 Å². The molecule has 0 fully saturated rings. The van der Waals surface area contributed by atoms with Gasteiger partial charge in [0.25, 0.3) is 0 Å². The van der Waals surface area contributed by atoms with Crippen molar-refractivity contribution in [2.45, 2.75) is 59.2 Å². The zero-order valence-corrected chi connectivity index (χ0v) is 17.2. The van der Waals surface area contributed by atoms with E-state index in [9.17, 15) is 4.79 Å². The molecule has 1 heterocycles. The van der Waals surface area contributed by atoms with Crippen molar-refractivity contribution in [1.82, 2.24) is 4.90 Å². The largest absolute Gasteiger partial charge is 0.489 e. The lowest BCUT2D eigenvalue weighted by molar-refractivity contribution is -0.143. The number of para-hydroxylation sites is 1. The van der Waals surface area contributed by atoms with Crippen molar-refractivity contribution in [3.8, 4) is 5.75 Å². The molecule has 3 rings (SSSR count). The number of hydrogen-bond donors (Lipinski definition) is 0. The fraction of sp³-hybridized carbons (Fsp3) is 0.458. The first kappa shape index (κ1) is 20.4. The van der Waals surface area contributed by atoms with Crippen LogP contribution in [-0.4, -0.2) is 30.1 Å². The lowest BCUT2D eigenvalue weighted by Crippen LogP contribution is -2.32.